The number of hydrogen-bond donors (Lipinski definition) is 4. The number of anilines is 3. The van der Waals surface area contributed by atoms with E-state index in [4.69, 9.17) is 10.8 Å². The van der Waals surface area contributed by atoms with E-state index in [-0.39, 0.29) is 33.9 Å². The summed E-state index contributed by atoms with van der Waals surface area (Å²) in [6.45, 7) is 4.39. The number of nitrogens with zero attached hydrogens (tertiary/aromatic N) is 3. The van der Waals surface area contributed by atoms with Gasteiger partial charge in [0.2, 0.25) is 0 Å². The summed E-state index contributed by atoms with van der Waals surface area (Å²) >= 11 is 4.61. The molecular weight excluding hydrogens is 726 g/mol. The maximum atomic E-state index is 12.4. The summed E-state index contributed by atoms with van der Waals surface area (Å²) in [4.78, 5) is 72.8. The third-order valence-electron chi connectivity index (χ3n) is 5.42. The molecule has 0 aromatic carbocycles. The minimum absolute atomic E-state index is 0.0642. The summed E-state index contributed by atoms with van der Waals surface area (Å²) in [5, 5.41) is 11.4. The second-order valence-electron chi connectivity index (χ2n) is 9.20. The first-order chi connectivity index (χ1) is 23.7. The van der Waals surface area contributed by atoms with Crippen LogP contribution < -0.4 is 16.4 Å². The van der Waals surface area contributed by atoms with Crippen LogP contribution in [0.2, 0.25) is 0 Å². The van der Waals surface area contributed by atoms with E-state index in [0.717, 1.165) is 26.6 Å². The van der Waals surface area contributed by atoms with Gasteiger partial charge in [0.05, 0.1) is 49.9 Å². The van der Waals surface area contributed by atoms with Crippen molar-refractivity contribution in [2.75, 3.05) is 30.6 Å². The number of halogens is 7. The Morgan fingerprint density at radius 3 is 1.29 bits per heavy atom. The largest absolute Gasteiger partial charge is 0.474 e. The lowest BCUT2D eigenvalue weighted by molar-refractivity contribution is -0.150. The summed E-state index contributed by atoms with van der Waals surface area (Å²) in [5.41, 5.74) is 5.83. The average molecular weight is 755 g/mol. The summed E-state index contributed by atoms with van der Waals surface area (Å²) in [6, 6.07) is 4.01. The van der Waals surface area contributed by atoms with Crippen LogP contribution >= 0.6 is 11.6 Å². The standard InChI is InChI=1S/C10H10F2N2O3.C9H8F2N2O3.C7H8F2N2.C3H3ClO3/c1-5-3-6(4-13-7(5)8(11)12)14-9(15)10(16)17-2;1-4-2-5(13-8(14)9(15)16)3-12-6(4)7(10)11;1-4-2-5(10)3-11-6(4)7(8)9;1-7-3(6)2(4)5/h3-4,8H,1-2H3,(H,14,15);2-3,7H,1H3,(H,13,14)(H,15,16);2-3,7H,10H2,1H3;1H3. The molecule has 0 aliphatic rings. The Morgan fingerprint density at radius 2 is 1.02 bits per heavy atom. The number of aryl methyl sites for hydroxylation is 3. The van der Waals surface area contributed by atoms with Gasteiger partial charge in [-0.2, -0.15) is 0 Å². The van der Waals surface area contributed by atoms with Crippen molar-refractivity contribution in [2.45, 2.75) is 40.0 Å². The van der Waals surface area contributed by atoms with E-state index in [0.29, 0.717) is 11.3 Å². The van der Waals surface area contributed by atoms with Crippen LogP contribution in [0.3, 0.4) is 0 Å². The van der Waals surface area contributed by atoms with Crippen molar-refractivity contribution in [2.24, 2.45) is 0 Å². The molecular formula is C29H29ClF6N6O9. The van der Waals surface area contributed by atoms with E-state index >= 15 is 0 Å². The van der Waals surface area contributed by atoms with Gasteiger partial charge in [-0.25, -0.2) is 40.7 Å². The molecule has 0 saturated heterocycles. The Morgan fingerprint density at radius 1 is 0.667 bits per heavy atom. The number of pyridine rings is 3. The van der Waals surface area contributed by atoms with Crippen LogP contribution in [0.4, 0.5) is 43.4 Å². The second-order valence-corrected chi connectivity index (χ2v) is 9.54. The summed E-state index contributed by atoms with van der Waals surface area (Å²) < 4.78 is 81.6. The fourth-order valence-corrected chi connectivity index (χ4v) is 3.22. The first-order valence-electron chi connectivity index (χ1n) is 13.4. The molecule has 0 fully saturated rings. The predicted molar refractivity (Wildman–Crippen MR) is 166 cm³/mol. The molecule has 0 bridgehead atoms. The normalized spacial score (nSPS) is 9.94. The van der Waals surface area contributed by atoms with Crippen LogP contribution in [0, 0.1) is 20.8 Å². The van der Waals surface area contributed by atoms with Crippen LogP contribution in [0.15, 0.2) is 36.8 Å². The highest BCUT2D eigenvalue weighted by Gasteiger charge is 2.17. The first-order valence-corrected chi connectivity index (χ1v) is 13.7. The van der Waals surface area contributed by atoms with Crippen LogP contribution in [0.1, 0.15) is 53.0 Å². The van der Waals surface area contributed by atoms with Gasteiger partial charge in [-0.05, 0) is 67.3 Å². The van der Waals surface area contributed by atoms with Gasteiger partial charge in [0.25, 0.3) is 19.3 Å². The van der Waals surface area contributed by atoms with E-state index in [9.17, 15) is 55.1 Å². The Hall–Kier alpha value is -5.86. The monoisotopic (exact) mass is 754 g/mol. The molecule has 278 valence electrons. The number of nitrogens with one attached hydrogen (secondary N) is 2. The second kappa shape index (κ2) is 22.0. The minimum Gasteiger partial charge on any atom is -0.474 e. The van der Waals surface area contributed by atoms with Gasteiger partial charge in [-0.3, -0.25) is 29.3 Å². The summed E-state index contributed by atoms with van der Waals surface area (Å²) in [5.74, 6) is -5.98. The quantitative estimate of drug-likeness (QED) is 0.117. The molecule has 51 heavy (non-hydrogen) atoms. The Bertz CT molecular complexity index is 1720. The van der Waals surface area contributed by atoms with Crippen LogP contribution in [-0.4, -0.2) is 69.2 Å². The zero-order valence-corrected chi connectivity index (χ0v) is 27.7. The van der Waals surface area contributed by atoms with Crippen molar-refractivity contribution in [1.82, 2.24) is 15.0 Å². The van der Waals surface area contributed by atoms with Crippen molar-refractivity contribution < 1.29 is 69.7 Å². The lowest BCUT2D eigenvalue weighted by Gasteiger charge is -2.07. The zero-order valence-electron chi connectivity index (χ0n) is 27.0. The van der Waals surface area contributed by atoms with E-state index in [1.54, 1.807) is 6.92 Å². The molecule has 22 heteroatoms. The molecule has 3 aromatic rings. The molecule has 3 heterocycles. The highest BCUT2D eigenvalue weighted by atomic mass is 35.5. The number of nitrogen functional groups attached to an aromatic ring is 1. The van der Waals surface area contributed by atoms with E-state index in [2.05, 4.69) is 41.3 Å². The number of carboxylic acid groups (broad SMARTS) is 1. The highest BCUT2D eigenvalue weighted by Crippen LogP contribution is 2.23. The van der Waals surface area contributed by atoms with Gasteiger partial charge in [-0.15, -0.1) is 0 Å². The number of methoxy groups -OCH3 is 2. The number of aliphatic carboxylic acids is 1. The average Bonchev–Trinajstić information content (AvgIpc) is 3.04. The highest BCUT2D eigenvalue weighted by molar-refractivity contribution is 6.80. The number of esters is 2. The number of alkyl halides is 6. The fourth-order valence-electron chi connectivity index (χ4n) is 3.14. The molecule has 15 nitrogen and oxygen atoms in total. The molecule has 0 aliphatic carbocycles. The summed E-state index contributed by atoms with van der Waals surface area (Å²) in [7, 11) is 2.15. The SMILES string of the molecule is COC(=O)C(=O)Cl.COC(=O)C(=O)Nc1cnc(C(F)F)c(C)c1.Cc1cc(N)cnc1C(F)F.Cc1cc(NC(=O)C(=O)O)cnc1C(F)F. The van der Waals surface area contributed by atoms with Crippen molar-refractivity contribution in [3.63, 3.8) is 0 Å². The van der Waals surface area contributed by atoms with E-state index in [1.165, 1.54) is 38.2 Å². The van der Waals surface area contributed by atoms with Crippen LogP contribution in [0.25, 0.3) is 0 Å². The number of rotatable bonds is 6. The van der Waals surface area contributed by atoms with E-state index < -0.39 is 59.9 Å². The number of carboxylic acids is 1. The minimum atomic E-state index is -2.70. The molecule has 0 spiro atoms. The smallest absolute Gasteiger partial charge is 0.396 e. The third-order valence-corrected chi connectivity index (χ3v) is 5.58. The van der Waals surface area contributed by atoms with Crippen molar-refractivity contribution in [3.05, 3.63) is 70.6 Å². The molecule has 0 unspecified atom stereocenters. The van der Waals surface area contributed by atoms with Gasteiger partial charge in [0, 0.05) is 0 Å². The Balaban J connectivity index is 0.000000684. The topological polar surface area (TPSA) is 230 Å². The molecule has 0 saturated carbocycles. The maximum absolute atomic E-state index is 12.4. The Kier molecular flexibility index (Phi) is 19.5. The van der Waals surface area contributed by atoms with Crippen molar-refractivity contribution in [3.8, 4) is 0 Å². The van der Waals surface area contributed by atoms with Gasteiger partial charge in [-0.1, -0.05) is 0 Å². The van der Waals surface area contributed by atoms with Crippen molar-refractivity contribution >= 4 is 63.6 Å². The molecule has 3 aromatic heterocycles. The molecule has 0 radical (unpaired) electrons. The lowest BCUT2D eigenvalue weighted by atomic mass is 10.2. The van der Waals surface area contributed by atoms with Crippen LogP contribution in [0.5, 0.6) is 0 Å². The molecule has 0 aliphatic heterocycles. The molecule has 3 rings (SSSR count). The number of nitrogens with two attached hydrogens (primary N) is 1. The number of carbonyl (C=O) groups is 6. The van der Waals surface area contributed by atoms with Crippen molar-refractivity contribution in [1.29, 1.82) is 0 Å². The number of aromatic nitrogens is 3. The first kappa shape index (κ1) is 45.1. The van der Waals surface area contributed by atoms with Gasteiger partial charge in [0.1, 0.15) is 17.1 Å². The van der Waals surface area contributed by atoms with Gasteiger partial charge in [0.15, 0.2) is 0 Å². The fraction of sp³-hybridized carbons (Fsp3) is 0.276. The Labute approximate surface area is 289 Å². The summed E-state index contributed by atoms with van der Waals surface area (Å²) in [6.07, 6.45) is -4.64. The third kappa shape index (κ3) is 16.4. The number of carbonyl (C=O) groups excluding carboxylic acids is 5. The lowest BCUT2D eigenvalue weighted by Crippen LogP contribution is -2.24. The number of amides is 2. The molecule has 0 atom stereocenters. The van der Waals surface area contributed by atoms with Gasteiger partial charge < -0.3 is 30.9 Å². The predicted octanol–water partition coefficient (Wildman–Crippen LogP) is 4.62. The number of hydrogen-bond acceptors (Lipinski definition) is 12. The van der Waals surface area contributed by atoms with E-state index in [1.807, 2.05) is 5.32 Å². The van der Waals surface area contributed by atoms with Gasteiger partial charge >= 0.3 is 35.0 Å². The molecule has 5 N–H and O–H groups in total. The maximum Gasteiger partial charge on any atom is 0.396 e. The number of ether oxygens (including phenoxy) is 2. The zero-order chi connectivity index (χ0) is 39.6. The van der Waals surface area contributed by atoms with Crippen LogP contribution in [-0.2, 0) is 38.2 Å². The molecule has 2 amide bonds.